The number of hydrogen-bond donors (Lipinski definition) is 1. The largest absolute Gasteiger partial charge is 0.480 e. The maximum absolute atomic E-state index is 10.6. The highest BCUT2D eigenvalue weighted by Crippen LogP contribution is 2.03. The van der Waals surface area contributed by atoms with Gasteiger partial charge in [0.2, 0.25) is 15.9 Å². The van der Waals surface area contributed by atoms with E-state index in [1.807, 2.05) is 13.8 Å². The zero-order valence-corrected chi connectivity index (χ0v) is 10.5. The van der Waals surface area contributed by atoms with Crippen molar-refractivity contribution in [1.82, 2.24) is 9.97 Å². The molecular formula is C9H17N3O3S. The Bertz CT molecular complexity index is 389. The van der Waals surface area contributed by atoms with Crippen molar-refractivity contribution < 1.29 is 13.2 Å². The normalized spacial score (nSPS) is 10.2. The first-order valence-electron chi connectivity index (χ1n) is 4.86. The van der Waals surface area contributed by atoms with Crippen LogP contribution in [0.4, 0.5) is 0 Å². The minimum atomic E-state index is -3.44. The highest BCUT2D eigenvalue weighted by molar-refractivity contribution is 7.89. The number of hydrogen-bond acceptors (Lipinski definition) is 5. The van der Waals surface area contributed by atoms with Crippen LogP contribution in [0.2, 0.25) is 0 Å². The fourth-order valence-corrected chi connectivity index (χ4v) is 1.32. The summed E-state index contributed by atoms with van der Waals surface area (Å²) in [5.41, 5.74) is 0.569. The van der Waals surface area contributed by atoms with Gasteiger partial charge in [0.25, 0.3) is 0 Å². The van der Waals surface area contributed by atoms with Crippen LogP contribution >= 0.6 is 0 Å². The number of nitrogens with two attached hydrogens (primary N) is 1. The Morgan fingerprint density at radius 2 is 1.94 bits per heavy atom. The van der Waals surface area contributed by atoms with E-state index in [2.05, 4.69) is 9.97 Å². The predicted octanol–water partition coefficient (Wildman–Crippen LogP) is 0.342. The summed E-state index contributed by atoms with van der Waals surface area (Å²) >= 11 is 0. The Morgan fingerprint density at radius 1 is 1.31 bits per heavy atom. The maximum atomic E-state index is 10.6. The molecule has 0 aromatic carbocycles. The molecule has 16 heavy (non-hydrogen) atoms. The van der Waals surface area contributed by atoms with Gasteiger partial charge in [-0.05, 0) is 0 Å². The van der Waals surface area contributed by atoms with Gasteiger partial charge in [-0.25, -0.2) is 18.5 Å². The van der Waals surface area contributed by atoms with E-state index in [4.69, 9.17) is 9.88 Å². The Labute approximate surface area is 95.9 Å². The van der Waals surface area contributed by atoms with E-state index in [0.29, 0.717) is 11.6 Å². The third-order valence-electron chi connectivity index (χ3n) is 1.53. The first-order valence-corrected chi connectivity index (χ1v) is 6.58. The summed E-state index contributed by atoms with van der Waals surface area (Å²) in [6, 6.07) is 0. The van der Waals surface area contributed by atoms with Crippen LogP contribution in [0.3, 0.4) is 0 Å². The molecule has 0 fully saturated rings. The van der Waals surface area contributed by atoms with E-state index in [0.717, 1.165) is 0 Å². The Kier molecular flexibility index (Phi) is 6.59. The van der Waals surface area contributed by atoms with Gasteiger partial charge in [-0.1, -0.05) is 13.8 Å². The molecule has 0 spiro atoms. The number of primary sulfonamides is 1. The first kappa shape index (κ1) is 14.8. The summed E-state index contributed by atoms with van der Waals surface area (Å²) in [7, 11) is -1.96. The van der Waals surface area contributed by atoms with E-state index < -0.39 is 10.0 Å². The van der Waals surface area contributed by atoms with Gasteiger partial charge in [0.15, 0.2) is 0 Å². The lowest BCUT2D eigenvalue weighted by atomic mass is 10.3. The number of ether oxygens (including phenoxy) is 1. The molecule has 1 rings (SSSR count). The van der Waals surface area contributed by atoms with Gasteiger partial charge in [0, 0.05) is 6.42 Å². The van der Waals surface area contributed by atoms with Crippen molar-refractivity contribution in [3.8, 4) is 5.88 Å². The number of sulfonamides is 1. The maximum Gasteiger partial charge on any atom is 0.231 e. The van der Waals surface area contributed by atoms with Crippen molar-refractivity contribution in [2.24, 2.45) is 5.14 Å². The van der Waals surface area contributed by atoms with Crippen LogP contribution in [0.25, 0.3) is 0 Å². The van der Waals surface area contributed by atoms with E-state index in [1.54, 1.807) is 0 Å². The molecule has 1 aromatic heterocycles. The minimum absolute atomic E-state index is 0.131. The highest BCUT2D eigenvalue weighted by atomic mass is 32.2. The topological polar surface area (TPSA) is 95.2 Å². The quantitative estimate of drug-likeness (QED) is 0.828. The van der Waals surface area contributed by atoms with E-state index in [9.17, 15) is 8.42 Å². The Morgan fingerprint density at radius 3 is 2.31 bits per heavy atom. The van der Waals surface area contributed by atoms with Crippen LogP contribution in [-0.2, 0) is 16.4 Å². The number of aromatic nitrogens is 2. The van der Waals surface area contributed by atoms with Crippen molar-refractivity contribution >= 4 is 10.0 Å². The molecule has 7 heteroatoms. The zero-order chi connectivity index (χ0) is 12.6. The van der Waals surface area contributed by atoms with Gasteiger partial charge in [-0.3, -0.25) is 4.98 Å². The third kappa shape index (κ3) is 6.31. The molecule has 1 heterocycles. The van der Waals surface area contributed by atoms with Crippen LogP contribution in [0.1, 0.15) is 19.5 Å². The monoisotopic (exact) mass is 247 g/mol. The second-order valence-electron chi connectivity index (χ2n) is 2.67. The molecule has 0 bridgehead atoms. The summed E-state index contributed by atoms with van der Waals surface area (Å²) < 4.78 is 26.1. The molecular weight excluding hydrogens is 230 g/mol. The SMILES string of the molecule is CC.COc1cnc(CCS(N)(=O)=O)cn1. The molecule has 0 radical (unpaired) electrons. The lowest BCUT2D eigenvalue weighted by molar-refractivity contribution is 0.395. The Balaban J connectivity index is 0.00000106. The van der Waals surface area contributed by atoms with Gasteiger partial charge in [-0.15, -0.1) is 0 Å². The number of nitrogens with zero attached hydrogens (tertiary/aromatic N) is 2. The number of methoxy groups -OCH3 is 1. The van der Waals surface area contributed by atoms with Crippen molar-refractivity contribution in [3.63, 3.8) is 0 Å². The fraction of sp³-hybridized carbons (Fsp3) is 0.556. The molecule has 0 saturated carbocycles. The summed E-state index contributed by atoms with van der Waals surface area (Å²) in [5, 5.41) is 4.84. The average molecular weight is 247 g/mol. The molecule has 0 aliphatic carbocycles. The molecule has 2 N–H and O–H groups in total. The fourth-order valence-electron chi connectivity index (χ4n) is 0.824. The molecule has 0 amide bonds. The average Bonchev–Trinajstić information content (AvgIpc) is 2.29. The van der Waals surface area contributed by atoms with Crippen LogP contribution in [0.15, 0.2) is 12.4 Å². The van der Waals surface area contributed by atoms with Gasteiger partial charge in [-0.2, -0.15) is 0 Å². The van der Waals surface area contributed by atoms with E-state index in [-0.39, 0.29) is 12.2 Å². The number of aryl methyl sites for hydroxylation is 1. The van der Waals surface area contributed by atoms with Crippen molar-refractivity contribution in [2.45, 2.75) is 20.3 Å². The first-order chi connectivity index (χ1) is 7.51. The summed E-state index contributed by atoms with van der Waals surface area (Å²) in [6.45, 7) is 4.00. The molecule has 0 atom stereocenters. The molecule has 6 nitrogen and oxygen atoms in total. The molecule has 0 unspecified atom stereocenters. The summed E-state index contributed by atoms with van der Waals surface area (Å²) in [5.74, 6) is 0.262. The van der Waals surface area contributed by atoms with Crippen LogP contribution in [-0.4, -0.2) is 31.2 Å². The Hall–Kier alpha value is -1.21. The lowest BCUT2D eigenvalue weighted by Gasteiger charge is -2.00. The molecule has 1 aromatic rings. The highest BCUT2D eigenvalue weighted by Gasteiger charge is 2.04. The molecule has 0 aliphatic heterocycles. The second-order valence-corrected chi connectivity index (χ2v) is 4.40. The van der Waals surface area contributed by atoms with Gasteiger partial charge < -0.3 is 4.74 Å². The van der Waals surface area contributed by atoms with E-state index >= 15 is 0 Å². The number of rotatable bonds is 4. The second kappa shape index (κ2) is 7.13. The smallest absolute Gasteiger partial charge is 0.231 e. The van der Waals surface area contributed by atoms with Crippen LogP contribution in [0.5, 0.6) is 5.88 Å². The van der Waals surface area contributed by atoms with Gasteiger partial charge in [0.05, 0.1) is 31.0 Å². The van der Waals surface area contributed by atoms with Crippen LogP contribution in [0, 0.1) is 0 Å². The summed E-state index contributed by atoms with van der Waals surface area (Å²) in [4.78, 5) is 7.82. The van der Waals surface area contributed by atoms with Crippen molar-refractivity contribution in [2.75, 3.05) is 12.9 Å². The van der Waals surface area contributed by atoms with Crippen molar-refractivity contribution in [1.29, 1.82) is 0 Å². The molecule has 0 aliphatic rings. The third-order valence-corrected chi connectivity index (χ3v) is 2.31. The van der Waals surface area contributed by atoms with Gasteiger partial charge in [0.1, 0.15) is 0 Å². The summed E-state index contributed by atoms with van der Waals surface area (Å²) in [6.07, 6.45) is 3.15. The predicted molar refractivity (Wildman–Crippen MR) is 61.6 cm³/mol. The van der Waals surface area contributed by atoms with Crippen LogP contribution < -0.4 is 9.88 Å². The molecule has 0 saturated heterocycles. The molecule has 92 valence electrons. The minimum Gasteiger partial charge on any atom is -0.480 e. The standard InChI is InChI=1S/C7H11N3O3S.C2H6/c1-13-7-5-9-6(4-10-7)2-3-14(8,11)12;1-2/h4-5H,2-3H2,1H3,(H2,8,11,12);1-2H3. The lowest BCUT2D eigenvalue weighted by Crippen LogP contribution is -2.18. The van der Waals surface area contributed by atoms with E-state index in [1.165, 1.54) is 19.5 Å². The van der Waals surface area contributed by atoms with Gasteiger partial charge >= 0.3 is 0 Å². The zero-order valence-electron chi connectivity index (χ0n) is 9.67. The van der Waals surface area contributed by atoms with Crippen molar-refractivity contribution in [3.05, 3.63) is 18.1 Å².